The molecule has 10 N–H and O–H groups in total. The molecule has 12 rings (SSSR count). The number of nitrogens with one attached hydrogen (secondary N) is 6. The zero-order valence-corrected chi connectivity index (χ0v) is 46.3. The minimum atomic E-state index is -1.14. The predicted molar refractivity (Wildman–Crippen MR) is 296 cm³/mol. The Morgan fingerprint density at radius 1 is 0.537 bits per heavy atom. The minimum Gasteiger partial charge on any atom is -0.388 e. The van der Waals surface area contributed by atoms with Gasteiger partial charge in [-0.25, -0.2) is 24.7 Å². The number of imidazole rings is 4. The first-order valence-corrected chi connectivity index (χ1v) is 28.6. The summed E-state index contributed by atoms with van der Waals surface area (Å²) in [5.74, 6) is 2.99. The Hall–Kier alpha value is -8.03. The van der Waals surface area contributed by atoms with Crippen molar-refractivity contribution in [1.29, 1.82) is 0 Å². The zero-order valence-electron chi connectivity index (χ0n) is 46.3. The lowest BCUT2D eigenvalue weighted by Gasteiger charge is -2.32. The van der Waals surface area contributed by atoms with Crippen LogP contribution in [0.1, 0.15) is 125 Å². The molecule has 4 fully saturated rings. The van der Waals surface area contributed by atoms with Crippen LogP contribution < -0.4 is 31.9 Å². The van der Waals surface area contributed by atoms with Gasteiger partial charge in [-0.2, -0.15) is 29.5 Å². The number of rotatable bonds is 20. The van der Waals surface area contributed by atoms with Crippen LogP contribution in [0.5, 0.6) is 0 Å². The maximum Gasteiger partial charge on any atom is 0.315 e. The van der Waals surface area contributed by atoms with Crippen LogP contribution in [0, 0.1) is 0 Å². The average molecular weight is 1130 g/mol. The number of aromatic nitrogens is 20. The van der Waals surface area contributed by atoms with E-state index in [1.807, 2.05) is 49.5 Å². The normalized spacial score (nSPS) is 26.6. The van der Waals surface area contributed by atoms with Gasteiger partial charge in [0.1, 0.15) is 36.5 Å². The van der Waals surface area contributed by atoms with Crippen molar-refractivity contribution >= 4 is 51.9 Å². The molecule has 0 aliphatic heterocycles. The van der Waals surface area contributed by atoms with Crippen molar-refractivity contribution in [2.75, 3.05) is 34.4 Å². The molecule has 82 heavy (non-hydrogen) atoms. The second-order valence-corrected chi connectivity index (χ2v) is 22.3. The number of amides is 2. The number of fused-ring (bicyclic) bond motifs is 2. The second kappa shape index (κ2) is 23.4. The highest BCUT2D eigenvalue weighted by Gasteiger charge is 2.47. The summed E-state index contributed by atoms with van der Waals surface area (Å²) >= 11 is 0. The van der Waals surface area contributed by atoms with Gasteiger partial charge in [-0.05, 0) is 74.6 Å². The van der Waals surface area contributed by atoms with Gasteiger partial charge in [0.15, 0.2) is 45.6 Å². The van der Waals surface area contributed by atoms with E-state index in [0.29, 0.717) is 109 Å². The van der Waals surface area contributed by atoms with E-state index < -0.39 is 48.6 Å². The molecule has 0 spiro atoms. The number of tetrazole rings is 2. The van der Waals surface area contributed by atoms with E-state index in [-0.39, 0.29) is 30.2 Å². The molecular weight excluding hydrogens is 1060 g/mol. The molecule has 0 saturated heterocycles. The summed E-state index contributed by atoms with van der Waals surface area (Å²) in [7, 11) is 3.86. The quantitative estimate of drug-likeness (QED) is 0.0511. The van der Waals surface area contributed by atoms with Crippen LogP contribution in [-0.4, -0.2) is 187 Å². The Morgan fingerprint density at radius 3 is 1.32 bits per heavy atom. The lowest BCUT2D eigenvalue weighted by molar-refractivity contribution is 0.00473. The van der Waals surface area contributed by atoms with E-state index in [0.717, 1.165) is 62.8 Å². The predicted octanol–water partition coefficient (Wildman–Crippen LogP) is 1.10. The molecule has 0 bridgehead atoms. The maximum atomic E-state index is 13.6. The van der Waals surface area contributed by atoms with Gasteiger partial charge in [0.2, 0.25) is 11.9 Å². The van der Waals surface area contributed by atoms with Crippen LogP contribution in [0.3, 0.4) is 0 Å². The number of hydrogen-bond donors (Lipinski definition) is 10. The van der Waals surface area contributed by atoms with Crippen molar-refractivity contribution < 1.29 is 25.2 Å². The number of aliphatic hydroxyl groups excluding tert-OH is 4. The third kappa shape index (κ3) is 11.4. The molecule has 8 aromatic rings. The highest BCUT2D eigenvalue weighted by atomic mass is 16.3. The molecule has 0 unspecified atom stereocenters. The van der Waals surface area contributed by atoms with Crippen LogP contribution in [0.4, 0.5) is 28.3 Å². The first-order valence-electron chi connectivity index (χ1n) is 28.6. The molecule has 8 heterocycles. The largest absolute Gasteiger partial charge is 0.388 e. The summed E-state index contributed by atoms with van der Waals surface area (Å²) in [4.78, 5) is 54.4. The van der Waals surface area contributed by atoms with Crippen molar-refractivity contribution in [2.45, 2.75) is 176 Å². The Kier molecular flexibility index (Phi) is 15.6. The molecule has 2 amide bonds. The Bertz CT molecular complexity index is 3240. The molecule has 0 aromatic carbocycles. The molecule has 31 nitrogen and oxygen atoms in total. The fraction of sp³-hybridized carbons (Fsp3) is 0.627. The van der Waals surface area contributed by atoms with Crippen molar-refractivity contribution in [3.63, 3.8) is 0 Å². The standard InChI is InChI=1S/C51H72N26O5/c1-5-37-66-70-76(68-37)35-19-33(41(78)43(35)80)74-25-56-39-45(62-49(64-47(39)74)52-17-15-31-21-72(3)23-54-31)58-27-7-11-29(12-8-27)60-51(82)61-30-13-9-28(10-14-30)59-46-40-48(65-50(63-46)53-18-16-32-22-73(4)24-55-32)75(26-57-40)34-20-36(44(81)42(34)79)77-69-38(6-2)67-71-77/h21-30,33-36,41-44,78-81H,5-20H2,1-4H3,(H2,60,61,82)(H2,52,58,62,64)(H2,53,59,63,65)/t27-,28-,29-,30-,33-,34-,35+,36+,41+,42+,43-,44-/m1/s1. The fourth-order valence-corrected chi connectivity index (χ4v) is 12.1. The van der Waals surface area contributed by atoms with Gasteiger partial charge in [0.25, 0.3) is 0 Å². The van der Waals surface area contributed by atoms with Crippen LogP contribution in [0.2, 0.25) is 0 Å². The molecule has 4 saturated carbocycles. The van der Waals surface area contributed by atoms with Gasteiger partial charge in [-0.3, -0.25) is 0 Å². The van der Waals surface area contributed by atoms with E-state index in [1.54, 1.807) is 34.4 Å². The molecule has 31 heteroatoms. The number of anilines is 4. The fourth-order valence-electron chi connectivity index (χ4n) is 12.1. The molecule has 0 radical (unpaired) electrons. The van der Waals surface area contributed by atoms with Crippen LogP contribution >= 0.6 is 0 Å². The average Bonchev–Trinajstić information content (AvgIpc) is 3.91. The second-order valence-electron chi connectivity index (χ2n) is 22.3. The number of hydrogen-bond acceptors (Lipinski definition) is 23. The zero-order chi connectivity index (χ0) is 56.6. The van der Waals surface area contributed by atoms with Crippen LogP contribution in [0.25, 0.3) is 22.3 Å². The number of aryl methyl sites for hydroxylation is 4. The molecule has 4 aliphatic carbocycles. The van der Waals surface area contributed by atoms with Gasteiger partial charge in [0.05, 0.1) is 48.8 Å². The number of aliphatic hydroxyl groups is 4. The lowest BCUT2D eigenvalue weighted by Crippen LogP contribution is -2.49. The maximum absolute atomic E-state index is 13.6. The van der Waals surface area contributed by atoms with Gasteiger partial charge in [0, 0.05) is 89.4 Å². The van der Waals surface area contributed by atoms with Gasteiger partial charge >= 0.3 is 6.03 Å². The summed E-state index contributed by atoms with van der Waals surface area (Å²) in [6.45, 7) is 4.91. The summed E-state index contributed by atoms with van der Waals surface area (Å²) in [6.07, 6.45) is 15.5. The summed E-state index contributed by atoms with van der Waals surface area (Å²) in [5.41, 5.74) is 3.94. The minimum absolute atomic E-state index is 0.0139. The van der Waals surface area contributed by atoms with E-state index in [9.17, 15) is 25.2 Å². The Balaban J connectivity index is 0.662. The topological polar surface area (TPSA) is 380 Å². The number of carbonyl (C=O) groups excluding carboxylic acids is 1. The van der Waals surface area contributed by atoms with Gasteiger partial charge < -0.3 is 70.6 Å². The SMILES string of the molecule is CCc1nnn([C@H]2C[C@@H](n3cnc4c(N[C@H]5CC[C@H](NC(=O)N[C@H]6CC[C@H](Nc7nc(NCCc8cn(C)cn8)nc8c7ncn8[C@@H]7C[C@H](n8nnc(CC)n8)[C@@H](O)[C@H]7O)CC6)CC5)nc(NCCc5cn(C)cn5)nc43)[C@H](O)[C@@H]2O)n1. The van der Waals surface area contributed by atoms with Crippen LogP contribution in [0.15, 0.2) is 37.7 Å². The third-order valence-electron chi connectivity index (χ3n) is 16.6. The van der Waals surface area contributed by atoms with E-state index in [1.165, 1.54) is 9.59 Å². The van der Waals surface area contributed by atoms with E-state index in [4.69, 9.17) is 29.9 Å². The Labute approximate surface area is 470 Å². The van der Waals surface area contributed by atoms with Crippen molar-refractivity contribution in [1.82, 2.24) is 109 Å². The van der Waals surface area contributed by atoms with Gasteiger partial charge in [-0.1, -0.05) is 13.8 Å². The number of carbonyl (C=O) groups is 1. The first-order chi connectivity index (χ1) is 39.8. The summed E-state index contributed by atoms with van der Waals surface area (Å²) in [5, 5.41) is 91.1. The van der Waals surface area contributed by atoms with Crippen LogP contribution in [-0.2, 0) is 39.8 Å². The molecule has 436 valence electrons. The molecule has 8 atom stereocenters. The highest BCUT2D eigenvalue weighted by molar-refractivity contribution is 5.85. The van der Waals surface area contributed by atoms with Crippen molar-refractivity contribution in [2.24, 2.45) is 14.1 Å². The smallest absolute Gasteiger partial charge is 0.315 e. The lowest BCUT2D eigenvalue weighted by atomic mass is 9.90. The van der Waals surface area contributed by atoms with Gasteiger partial charge in [-0.15, -0.1) is 20.4 Å². The molecular formula is C51H72N26O5. The van der Waals surface area contributed by atoms with Crippen molar-refractivity contribution in [3.8, 4) is 0 Å². The number of urea groups is 1. The number of nitrogens with zero attached hydrogens (tertiary/aromatic N) is 20. The monoisotopic (exact) mass is 1130 g/mol. The summed E-state index contributed by atoms with van der Waals surface area (Å²) < 4.78 is 7.42. The third-order valence-corrected chi connectivity index (χ3v) is 16.6. The first kappa shape index (κ1) is 54.6. The van der Waals surface area contributed by atoms with Crippen molar-refractivity contribution in [3.05, 3.63) is 60.7 Å². The molecule has 4 aliphatic rings. The Morgan fingerprint density at radius 2 is 0.939 bits per heavy atom. The molecule has 8 aromatic heterocycles. The van der Waals surface area contributed by atoms with E-state index in [2.05, 4.69) is 72.7 Å². The van der Waals surface area contributed by atoms with E-state index >= 15 is 0 Å². The highest BCUT2D eigenvalue weighted by Crippen LogP contribution is 2.42. The summed E-state index contributed by atoms with van der Waals surface area (Å²) in [6, 6.07) is -2.47.